The van der Waals surface area contributed by atoms with Crippen molar-refractivity contribution in [2.45, 2.75) is 45.3 Å². The molecule has 0 aliphatic heterocycles. The highest BCUT2D eigenvalue weighted by Gasteiger charge is 2.32. The third-order valence-corrected chi connectivity index (χ3v) is 6.31. The minimum Gasteiger partial charge on any atom is -0.326 e. The first kappa shape index (κ1) is 19.5. The highest BCUT2D eigenvalue weighted by Crippen LogP contribution is 2.21. The third-order valence-electron chi connectivity index (χ3n) is 4.17. The van der Waals surface area contributed by atoms with Crippen LogP contribution >= 0.6 is 0 Å². The lowest BCUT2D eigenvalue weighted by atomic mass is 10.1. The van der Waals surface area contributed by atoms with E-state index in [-0.39, 0.29) is 12.6 Å². The van der Waals surface area contributed by atoms with Crippen LogP contribution in [0.5, 0.6) is 0 Å². The van der Waals surface area contributed by atoms with Gasteiger partial charge in [-0.2, -0.15) is 0 Å². The van der Waals surface area contributed by atoms with Crippen LogP contribution in [0.3, 0.4) is 0 Å². The maximum absolute atomic E-state index is 12.4. The Morgan fingerprint density at radius 1 is 1.22 bits per heavy atom. The molecule has 23 heavy (non-hydrogen) atoms. The van der Waals surface area contributed by atoms with Gasteiger partial charge in [-0.15, -0.1) is 0 Å². The van der Waals surface area contributed by atoms with Crippen LogP contribution in [0.4, 0.5) is 10.5 Å². The topological polar surface area (TPSA) is 66.5 Å². The van der Waals surface area contributed by atoms with E-state index in [9.17, 15) is 13.2 Å². The summed E-state index contributed by atoms with van der Waals surface area (Å²) in [5.74, 6) is 0. The third kappa shape index (κ3) is 4.96. The predicted molar refractivity (Wildman–Crippen MR) is 95.8 cm³/mol. The molecule has 0 spiro atoms. The first-order chi connectivity index (χ1) is 10.5. The van der Waals surface area contributed by atoms with E-state index in [4.69, 9.17) is 0 Å². The highest BCUT2D eigenvalue weighted by atomic mass is 32.2. The molecule has 0 aliphatic rings. The molecule has 130 valence electrons. The molecule has 2 amide bonds. The fourth-order valence-electron chi connectivity index (χ4n) is 2.24. The van der Waals surface area contributed by atoms with Crippen molar-refractivity contribution in [3.05, 3.63) is 29.3 Å². The standard InChI is InChI=1S/C17H28N2O3S/c1-7-13-9-10-14(8-2)15(11-13)18-16(20)19(5)12-17(3,4)23(6,21)22/h9-11H,7-8,12H2,1-6H3,(H,18,20). The van der Waals surface area contributed by atoms with Crippen LogP contribution < -0.4 is 5.32 Å². The summed E-state index contributed by atoms with van der Waals surface area (Å²) in [5.41, 5.74) is 3.00. The van der Waals surface area contributed by atoms with Gasteiger partial charge in [0.05, 0.1) is 4.75 Å². The molecule has 0 saturated heterocycles. The SMILES string of the molecule is CCc1ccc(CC)c(NC(=O)N(C)CC(C)(C)S(C)(=O)=O)c1. The van der Waals surface area contributed by atoms with Crippen LogP contribution in [0.25, 0.3) is 0 Å². The van der Waals surface area contributed by atoms with Crippen molar-refractivity contribution in [2.75, 3.05) is 25.2 Å². The van der Waals surface area contributed by atoms with Crippen LogP contribution in [0, 0.1) is 0 Å². The van der Waals surface area contributed by atoms with Crippen LogP contribution in [0.15, 0.2) is 18.2 Å². The van der Waals surface area contributed by atoms with Crippen molar-refractivity contribution in [3.8, 4) is 0 Å². The predicted octanol–water partition coefficient (Wildman–Crippen LogP) is 3.10. The number of hydrogen-bond donors (Lipinski definition) is 1. The molecule has 0 radical (unpaired) electrons. The van der Waals surface area contributed by atoms with Gasteiger partial charge in [0.25, 0.3) is 0 Å². The van der Waals surface area contributed by atoms with Crippen molar-refractivity contribution in [3.63, 3.8) is 0 Å². The fourth-order valence-corrected chi connectivity index (χ4v) is 2.67. The number of benzene rings is 1. The van der Waals surface area contributed by atoms with Gasteiger partial charge in [-0.1, -0.05) is 26.0 Å². The average Bonchev–Trinajstić information content (AvgIpc) is 2.45. The first-order valence-electron chi connectivity index (χ1n) is 7.85. The van der Waals surface area contributed by atoms with Gasteiger partial charge in [0.15, 0.2) is 9.84 Å². The molecule has 0 heterocycles. The molecule has 0 atom stereocenters. The molecule has 1 rings (SSSR count). The number of nitrogens with one attached hydrogen (secondary N) is 1. The first-order valence-corrected chi connectivity index (χ1v) is 9.74. The van der Waals surface area contributed by atoms with E-state index in [0.29, 0.717) is 0 Å². The van der Waals surface area contributed by atoms with Crippen LogP contribution in [0.1, 0.15) is 38.8 Å². The lowest BCUT2D eigenvalue weighted by molar-refractivity contribution is 0.218. The van der Waals surface area contributed by atoms with Gasteiger partial charge in [-0.05, 0) is 43.9 Å². The summed E-state index contributed by atoms with van der Waals surface area (Å²) in [6, 6.07) is 5.76. The number of hydrogen-bond acceptors (Lipinski definition) is 3. The molecule has 0 bridgehead atoms. The molecular formula is C17H28N2O3S. The fraction of sp³-hybridized carbons (Fsp3) is 0.588. The van der Waals surface area contributed by atoms with Gasteiger partial charge in [0, 0.05) is 25.5 Å². The summed E-state index contributed by atoms with van der Waals surface area (Å²) in [7, 11) is -1.64. The Morgan fingerprint density at radius 3 is 2.30 bits per heavy atom. The van der Waals surface area contributed by atoms with E-state index in [2.05, 4.69) is 18.3 Å². The van der Waals surface area contributed by atoms with Crippen LogP contribution in [-0.4, -0.2) is 43.9 Å². The lowest BCUT2D eigenvalue weighted by Gasteiger charge is -2.29. The van der Waals surface area contributed by atoms with E-state index in [1.807, 2.05) is 19.1 Å². The smallest absolute Gasteiger partial charge is 0.321 e. The quantitative estimate of drug-likeness (QED) is 0.865. The maximum Gasteiger partial charge on any atom is 0.321 e. The number of sulfone groups is 1. The summed E-state index contributed by atoms with van der Waals surface area (Å²) >= 11 is 0. The highest BCUT2D eigenvalue weighted by molar-refractivity contribution is 7.92. The summed E-state index contributed by atoms with van der Waals surface area (Å²) in [5, 5.41) is 2.90. The molecule has 0 saturated carbocycles. The Balaban J connectivity index is 2.91. The van der Waals surface area contributed by atoms with Gasteiger partial charge < -0.3 is 10.2 Å². The van der Waals surface area contributed by atoms with E-state index in [0.717, 1.165) is 29.7 Å². The summed E-state index contributed by atoms with van der Waals surface area (Å²) in [6.45, 7) is 7.48. The molecule has 0 aromatic heterocycles. The Hall–Kier alpha value is -1.56. The Bertz CT molecular complexity index is 666. The molecule has 0 aliphatic carbocycles. The summed E-state index contributed by atoms with van der Waals surface area (Å²) in [6.07, 6.45) is 2.90. The number of nitrogens with zero attached hydrogens (tertiary/aromatic N) is 1. The summed E-state index contributed by atoms with van der Waals surface area (Å²) < 4.78 is 22.6. The average molecular weight is 340 g/mol. The zero-order valence-electron chi connectivity index (χ0n) is 14.9. The largest absolute Gasteiger partial charge is 0.326 e. The number of aryl methyl sites for hydroxylation is 2. The van der Waals surface area contributed by atoms with E-state index in [1.165, 1.54) is 11.2 Å². The summed E-state index contributed by atoms with van der Waals surface area (Å²) in [4.78, 5) is 13.8. The molecule has 1 aromatic rings. The molecule has 6 heteroatoms. The molecule has 1 aromatic carbocycles. The monoisotopic (exact) mass is 340 g/mol. The van der Waals surface area contributed by atoms with Gasteiger partial charge in [-0.25, -0.2) is 13.2 Å². The van der Waals surface area contributed by atoms with Gasteiger partial charge >= 0.3 is 6.03 Å². The normalized spacial score (nSPS) is 12.1. The minimum atomic E-state index is -3.25. The Morgan fingerprint density at radius 2 is 1.83 bits per heavy atom. The van der Waals surface area contributed by atoms with Gasteiger partial charge in [0.1, 0.15) is 0 Å². The van der Waals surface area contributed by atoms with Crippen molar-refractivity contribution in [2.24, 2.45) is 0 Å². The zero-order valence-corrected chi connectivity index (χ0v) is 15.8. The molecule has 1 N–H and O–H groups in total. The number of carbonyl (C=O) groups is 1. The van der Waals surface area contributed by atoms with Crippen molar-refractivity contribution >= 4 is 21.6 Å². The Labute approximate surface area is 140 Å². The van der Waals surface area contributed by atoms with Crippen molar-refractivity contribution in [1.29, 1.82) is 0 Å². The minimum absolute atomic E-state index is 0.132. The second-order valence-corrected chi connectivity index (χ2v) is 9.17. The van der Waals surface area contributed by atoms with Crippen LogP contribution in [0.2, 0.25) is 0 Å². The number of amides is 2. The molecule has 5 nitrogen and oxygen atoms in total. The van der Waals surface area contributed by atoms with E-state index in [1.54, 1.807) is 20.9 Å². The maximum atomic E-state index is 12.4. The molecule has 0 fully saturated rings. The zero-order chi connectivity index (χ0) is 17.8. The van der Waals surface area contributed by atoms with E-state index < -0.39 is 14.6 Å². The van der Waals surface area contributed by atoms with Crippen molar-refractivity contribution in [1.82, 2.24) is 4.90 Å². The second-order valence-electron chi connectivity index (χ2n) is 6.52. The Kier molecular flexibility index (Phi) is 6.22. The molecular weight excluding hydrogens is 312 g/mol. The van der Waals surface area contributed by atoms with Crippen LogP contribution in [-0.2, 0) is 22.7 Å². The second kappa shape index (κ2) is 7.34. The molecule has 0 unspecified atom stereocenters. The lowest BCUT2D eigenvalue weighted by Crippen LogP contribution is -2.46. The number of carbonyl (C=O) groups excluding carboxylic acids is 1. The van der Waals surface area contributed by atoms with Gasteiger partial charge in [0.2, 0.25) is 0 Å². The van der Waals surface area contributed by atoms with Crippen molar-refractivity contribution < 1.29 is 13.2 Å². The number of rotatable bonds is 6. The number of urea groups is 1. The number of anilines is 1. The van der Waals surface area contributed by atoms with Gasteiger partial charge in [-0.3, -0.25) is 0 Å². The van der Waals surface area contributed by atoms with E-state index >= 15 is 0 Å².